The maximum Gasteiger partial charge on any atom is 0.311 e. The third kappa shape index (κ3) is 2.67. The summed E-state index contributed by atoms with van der Waals surface area (Å²) in [7, 11) is 0. The van der Waals surface area contributed by atoms with Crippen molar-refractivity contribution in [3.63, 3.8) is 0 Å². The molecule has 0 radical (unpaired) electrons. The lowest BCUT2D eigenvalue weighted by atomic mass is 10.3. The molecule has 0 atom stereocenters. The van der Waals surface area contributed by atoms with Crippen LogP contribution in [0.5, 0.6) is 11.6 Å². The molecule has 1 aromatic heterocycles. The largest absolute Gasteiger partial charge is 0.432 e. The molecule has 0 bridgehead atoms. The van der Waals surface area contributed by atoms with Gasteiger partial charge in [0.1, 0.15) is 0 Å². The van der Waals surface area contributed by atoms with Crippen LogP contribution in [-0.2, 0) is 0 Å². The van der Waals surface area contributed by atoms with Crippen molar-refractivity contribution in [2.45, 2.75) is 0 Å². The number of ether oxygens (including phenoxy) is 1. The molecule has 1 heterocycles. The second-order valence-electron chi connectivity index (χ2n) is 2.99. The summed E-state index contributed by atoms with van der Waals surface area (Å²) in [5.41, 5.74) is -0.137. The van der Waals surface area contributed by atoms with Crippen LogP contribution in [0.1, 0.15) is 0 Å². The second kappa shape index (κ2) is 4.75. The molecule has 0 aliphatic carbocycles. The number of hydrogen-bond acceptors (Lipinski definition) is 5. The third-order valence-electron chi connectivity index (χ3n) is 1.88. The van der Waals surface area contributed by atoms with Crippen LogP contribution < -0.4 is 4.74 Å². The van der Waals surface area contributed by atoms with E-state index in [-0.39, 0.29) is 22.6 Å². The molecular formula is C10H6ClN3O3. The predicted octanol–water partition coefficient (Wildman–Crippen LogP) is 2.83. The summed E-state index contributed by atoms with van der Waals surface area (Å²) in [5, 5.41) is 10.8. The van der Waals surface area contributed by atoms with Crippen molar-refractivity contribution in [3.8, 4) is 11.6 Å². The average Bonchev–Trinajstić information content (AvgIpc) is 2.29. The molecule has 0 fully saturated rings. The van der Waals surface area contributed by atoms with Crippen LogP contribution in [0.2, 0.25) is 5.28 Å². The molecule has 0 saturated carbocycles. The predicted molar refractivity (Wildman–Crippen MR) is 60.2 cm³/mol. The Hall–Kier alpha value is -2.21. The average molecular weight is 252 g/mol. The zero-order valence-corrected chi connectivity index (χ0v) is 9.16. The molecule has 0 N–H and O–H groups in total. The Bertz CT molecular complexity index is 562. The Labute approximate surface area is 101 Å². The minimum atomic E-state index is -0.530. The first kappa shape index (κ1) is 11.3. The molecule has 2 aromatic rings. The number of nitrogens with zero attached hydrogens (tertiary/aromatic N) is 3. The molecule has 0 aliphatic rings. The Balaban J connectivity index is 2.33. The van der Waals surface area contributed by atoms with Crippen LogP contribution in [0, 0.1) is 10.1 Å². The topological polar surface area (TPSA) is 78.2 Å². The highest BCUT2D eigenvalue weighted by atomic mass is 35.5. The fraction of sp³-hybridized carbons (Fsp3) is 0. The molecule has 7 heteroatoms. The van der Waals surface area contributed by atoms with E-state index in [0.717, 1.165) is 0 Å². The number of aromatic nitrogens is 2. The van der Waals surface area contributed by atoms with Crippen molar-refractivity contribution >= 4 is 17.3 Å². The number of para-hydroxylation sites is 2. The van der Waals surface area contributed by atoms with Crippen LogP contribution in [0.15, 0.2) is 36.5 Å². The molecule has 86 valence electrons. The number of nitro benzene ring substituents is 1. The smallest absolute Gasteiger partial charge is 0.311 e. The van der Waals surface area contributed by atoms with Gasteiger partial charge in [0.05, 0.1) is 4.92 Å². The maximum absolute atomic E-state index is 10.7. The number of halogens is 1. The number of benzene rings is 1. The molecule has 0 amide bonds. The van der Waals surface area contributed by atoms with Crippen molar-refractivity contribution in [1.82, 2.24) is 9.97 Å². The van der Waals surface area contributed by atoms with Crippen LogP contribution in [-0.4, -0.2) is 14.9 Å². The summed E-state index contributed by atoms with van der Waals surface area (Å²) in [6.45, 7) is 0. The monoisotopic (exact) mass is 251 g/mol. The summed E-state index contributed by atoms with van der Waals surface area (Å²) in [4.78, 5) is 17.7. The summed E-state index contributed by atoms with van der Waals surface area (Å²) >= 11 is 5.58. The van der Waals surface area contributed by atoms with E-state index in [1.165, 1.54) is 24.4 Å². The van der Waals surface area contributed by atoms with Gasteiger partial charge in [-0.3, -0.25) is 10.1 Å². The lowest BCUT2D eigenvalue weighted by Crippen LogP contribution is -1.94. The first-order valence-electron chi connectivity index (χ1n) is 4.56. The zero-order chi connectivity index (χ0) is 12.3. The number of rotatable bonds is 3. The van der Waals surface area contributed by atoms with E-state index >= 15 is 0 Å². The Morgan fingerprint density at radius 3 is 2.76 bits per heavy atom. The fourth-order valence-corrected chi connectivity index (χ4v) is 1.32. The van der Waals surface area contributed by atoms with Gasteiger partial charge in [0, 0.05) is 18.3 Å². The van der Waals surface area contributed by atoms with Gasteiger partial charge in [0.2, 0.25) is 16.9 Å². The molecule has 0 spiro atoms. The van der Waals surface area contributed by atoms with E-state index in [2.05, 4.69) is 9.97 Å². The highest BCUT2D eigenvalue weighted by Gasteiger charge is 2.14. The van der Waals surface area contributed by atoms with Crippen molar-refractivity contribution in [2.24, 2.45) is 0 Å². The zero-order valence-electron chi connectivity index (χ0n) is 8.41. The summed E-state index contributed by atoms with van der Waals surface area (Å²) in [6, 6.07) is 7.47. The molecule has 1 aromatic carbocycles. The Morgan fingerprint density at radius 1 is 1.29 bits per heavy atom. The fourth-order valence-electron chi connectivity index (χ4n) is 1.18. The van der Waals surface area contributed by atoms with Crippen molar-refractivity contribution in [3.05, 3.63) is 51.9 Å². The maximum atomic E-state index is 10.7. The SMILES string of the molecule is O=[N+]([O-])c1ccccc1Oc1ccnc(Cl)n1. The van der Waals surface area contributed by atoms with Crippen molar-refractivity contribution in [1.29, 1.82) is 0 Å². The molecule has 0 saturated heterocycles. The van der Waals surface area contributed by atoms with E-state index < -0.39 is 4.92 Å². The first-order chi connectivity index (χ1) is 8.16. The van der Waals surface area contributed by atoms with Gasteiger partial charge < -0.3 is 4.74 Å². The van der Waals surface area contributed by atoms with Gasteiger partial charge in [-0.05, 0) is 17.7 Å². The summed E-state index contributed by atoms with van der Waals surface area (Å²) in [5.74, 6) is 0.256. The van der Waals surface area contributed by atoms with E-state index in [9.17, 15) is 10.1 Å². The van der Waals surface area contributed by atoms with Crippen molar-refractivity contribution < 1.29 is 9.66 Å². The first-order valence-corrected chi connectivity index (χ1v) is 4.94. The van der Waals surface area contributed by atoms with E-state index in [4.69, 9.17) is 16.3 Å². The third-order valence-corrected chi connectivity index (χ3v) is 2.06. The van der Waals surface area contributed by atoms with Gasteiger partial charge in [-0.25, -0.2) is 4.98 Å². The molecule has 17 heavy (non-hydrogen) atoms. The molecular weight excluding hydrogens is 246 g/mol. The molecule has 6 nitrogen and oxygen atoms in total. The Kier molecular flexibility index (Phi) is 3.15. The Morgan fingerprint density at radius 2 is 2.06 bits per heavy atom. The van der Waals surface area contributed by atoms with Gasteiger partial charge in [0.15, 0.2) is 0 Å². The molecule has 0 aliphatic heterocycles. The van der Waals surface area contributed by atoms with Gasteiger partial charge in [-0.1, -0.05) is 12.1 Å². The van der Waals surface area contributed by atoms with Crippen LogP contribution in [0.4, 0.5) is 5.69 Å². The second-order valence-corrected chi connectivity index (χ2v) is 3.33. The van der Waals surface area contributed by atoms with Crippen molar-refractivity contribution in [2.75, 3.05) is 0 Å². The minimum absolute atomic E-state index is 0.0149. The lowest BCUT2D eigenvalue weighted by Gasteiger charge is -2.04. The summed E-state index contributed by atoms with van der Waals surface area (Å²) < 4.78 is 5.27. The van der Waals surface area contributed by atoms with Crippen LogP contribution in [0.25, 0.3) is 0 Å². The lowest BCUT2D eigenvalue weighted by molar-refractivity contribution is -0.385. The standard InChI is InChI=1S/C10H6ClN3O3/c11-10-12-6-5-9(13-10)17-8-4-2-1-3-7(8)14(15)16/h1-6H. The number of nitro groups is 1. The molecule has 2 rings (SSSR count). The van der Waals surface area contributed by atoms with E-state index in [1.807, 2.05) is 0 Å². The minimum Gasteiger partial charge on any atom is -0.432 e. The van der Waals surface area contributed by atoms with Gasteiger partial charge in [-0.15, -0.1) is 0 Å². The van der Waals surface area contributed by atoms with Gasteiger partial charge in [0.25, 0.3) is 0 Å². The highest BCUT2D eigenvalue weighted by Crippen LogP contribution is 2.29. The highest BCUT2D eigenvalue weighted by molar-refractivity contribution is 6.28. The number of hydrogen-bond donors (Lipinski definition) is 0. The van der Waals surface area contributed by atoms with E-state index in [1.54, 1.807) is 12.1 Å². The quantitative estimate of drug-likeness (QED) is 0.476. The van der Waals surface area contributed by atoms with Gasteiger partial charge in [-0.2, -0.15) is 4.98 Å². The summed E-state index contributed by atoms with van der Waals surface area (Å²) in [6.07, 6.45) is 1.40. The van der Waals surface area contributed by atoms with E-state index in [0.29, 0.717) is 0 Å². The van der Waals surface area contributed by atoms with Crippen LogP contribution >= 0.6 is 11.6 Å². The van der Waals surface area contributed by atoms with Gasteiger partial charge >= 0.3 is 5.69 Å². The molecule has 0 unspecified atom stereocenters. The van der Waals surface area contributed by atoms with Crippen LogP contribution in [0.3, 0.4) is 0 Å². The normalized spacial score (nSPS) is 9.94.